The molecule has 9 heteroatoms. The van der Waals surface area contributed by atoms with Gasteiger partial charge in [0.1, 0.15) is 4.21 Å². The Bertz CT molecular complexity index is 510. The lowest BCUT2D eigenvalue weighted by Gasteiger charge is -2.05. The van der Waals surface area contributed by atoms with E-state index >= 15 is 0 Å². The van der Waals surface area contributed by atoms with Crippen LogP contribution in [0.5, 0.6) is 0 Å². The first kappa shape index (κ1) is 15.9. The van der Waals surface area contributed by atoms with Gasteiger partial charge in [-0.3, -0.25) is 4.79 Å². The number of halogens is 2. The smallest absolute Gasteiger partial charge is 0.250 e. The summed E-state index contributed by atoms with van der Waals surface area (Å²) in [6.45, 7) is 2.15. The van der Waals surface area contributed by atoms with Crippen molar-refractivity contribution in [2.75, 3.05) is 13.1 Å². The normalized spacial score (nSPS) is 11.5. The van der Waals surface area contributed by atoms with Gasteiger partial charge in [-0.05, 0) is 28.4 Å². The third-order valence-corrected chi connectivity index (χ3v) is 6.23. The summed E-state index contributed by atoms with van der Waals surface area (Å²) in [5.41, 5.74) is 0. The van der Waals surface area contributed by atoms with Gasteiger partial charge in [0, 0.05) is 6.54 Å². The Morgan fingerprint density at radius 2 is 2.22 bits per heavy atom. The van der Waals surface area contributed by atoms with E-state index in [1.807, 2.05) is 6.92 Å². The van der Waals surface area contributed by atoms with Gasteiger partial charge in [-0.1, -0.05) is 18.5 Å². The lowest BCUT2D eigenvalue weighted by atomic mass is 10.5. The molecule has 1 rings (SSSR count). The van der Waals surface area contributed by atoms with Gasteiger partial charge in [0.05, 0.1) is 15.4 Å². The molecule has 0 aliphatic carbocycles. The van der Waals surface area contributed by atoms with E-state index in [1.54, 1.807) is 0 Å². The molecule has 18 heavy (non-hydrogen) atoms. The molecule has 0 saturated heterocycles. The second-order valence-corrected chi connectivity index (χ2v) is 8.13. The second kappa shape index (κ2) is 6.85. The summed E-state index contributed by atoms with van der Waals surface area (Å²) < 4.78 is 26.5. The molecule has 1 aromatic heterocycles. The largest absolute Gasteiger partial charge is 0.355 e. The number of carbonyl (C=O) groups is 1. The van der Waals surface area contributed by atoms with E-state index in [0.717, 1.165) is 17.8 Å². The van der Waals surface area contributed by atoms with Crippen molar-refractivity contribution in [1.82, 2.24) is 10.0 Å². The van der Waals surface area contributed by atoms with Crippen LogP contribution in [-0.4, -0.2) is 27.4 Å². The zero-order chi connectivity index (χ0) is 13.8. The highest BCUT2D eigenvalue weighted by molar-refractivity contribution is 9.11. The molecule has 2 N–H and O–H groups in total. The highest BCUT2D eigenvalue weighted by Gasteiger charge is 2.19. The predicted molar refractivity (Wildman–Crippen MR) is 75.5 cm³/mol. The molecule has 102 valence electrons. The standard InChI is InChI=1S/C9H12BrClN2O3S2/c1-2-3-12-7(14)5-13-18(15,16)8-4-6(11)9(10)17-8/h4,13H,2-3,5H2,1H3,(H,12,14). The van der Waals surface area contributed by atoms with Gasteiger partial charge in [-0.15, -0.1) is 11.3 Å². The van der Waals surface area contributed by atoms with Crippen molar-refractivity contribution >= 4 is 54.8 Å². The van der Waals surface area contributed by atoms with Gasteiger partial charge in [0.2, 0.25) is 5.91 Å². The van der Waals surface area contributed by atoms with Crippen LogP contribution in [0.1, 0.15) is 13.3 Å². The van der Waals surface area contributed by atoms with E-state index in [9.17, 15) is 13.2 Å². The van der Waals surface area contributed by atoms with E-state index < -0.39 is 10.0 Å². The van der Waals surface area contributed by atoms with Crippen molar-refractivity contribution in [3.05, 3.63) is 14.9 Å². The molecule has 0 aromatic carbocycles. The second-order valence-electron chi connectivity index (χ2n) is 3.36. The highest BCUT2D eigenvalue weighted by Crippen LogP contribution is 2.34. The summed E-state index contributed by atoms with van der Waals surface area (Å²) in [4.78, 5) is 11.3. The van der Waals surface area contributed by atoms with Crippen molar-refractivity contribution in [2.24, 2.45) is 0 Å². The zero-order valence-corrected chi connectivity index (χ0v) is 13.5. The Balaban J connectivity index is 2.63. The number of hydrogen-bond acceptors (Lipinski definition) is 4. The predicted octanol–water partition coefficient (Wildman–Crippen LogP) is 1.97. The SMILES string of the molecule is CCCNC(=O)CNS(=O)(=O)c1cc(Cl)c(Br)s1. The first-order valence-corrected chi connectivity index (χ1v) is 8.55. The first-order chi connectivity index (χ1) is 8.36. The minimum atomic E-state index is -3.69. The van der Waals surface area contributed by atoms with Crippen molar-refractivity contribution in [1.29, 1.82) is 0 Å². The summed E-state index contributed by atoms with van der Waals surface area (Å²) >= 11 is 9.89. The highest BCUT2D eigenvalue weighted by atomic mass is 79.9. The fourth-order valence-corrected chi connectivity index (χ4v) is 4.44. The fourth-order valence-electron chi connectivity index (χ4n) is 1.02. The lowest BCUT2D eigenvalue weighted by molar-refractivity contribution is -0.119. The van der Waals surface area contributed by atoms with E-state index in [4.69, 9.17) is 11.6 Å². The van der Waals surface area contributed by atoms with Crippen LogP contribution in [-0.2, 0) is 14.8 Å². The van der Waals surface area contributed by atoms with Gasteiger partial charge in [0.25, 0.3) is 10.0 Å². The van der Waals surface area contributed by atoms with Gasteiger partial charge in [-0.2, -0.15) is 0 Å². The maximum Gasteiger partial charge on any atom is 0.250 e. The van der Waals surface area contributed by atoms with E-state index in [2.05, 4.69) is 26.0 Å². The number of hydrogen-bond donors (Lipinski definition) is 2. The van der Waals surface area contributed by atoms with Crippen LogP contribution in [0.3, 0.4) is 0 Å². The molecule has 1 aromatic rings. The molecule has 0 bridgehead atoms. The quantitative estimate of drug-likeness (QED) is 0.798. The summed E-state index contributed by atoms with van der Waals surface area (Å²) in [7, 11) is -3.69. The third-order valence-electron chi connectivity index (χ3n) is 1.88. The van der Waals surface area contributed by atoms with Crippen LogP contribution < -0.4 is 10.0 Å². The van der Waals surface area contributed by atoms with Gasteiger partial charge >= 0.3 is 0 Å². The number of thiophene rings is 1. The Hall–Kier alpha value is -0.150. The van der Waals surface area contributed by atoms with Gasteiger partial charge < -0.3 is 5.32 Å². The third kappa shape index (κ3) is 4.51. The van der Waals surface area contributed by atoms with Crippen LogP contribution in [0.25, 0.3) is 0 Å². The number of sulfonamides is 1. The molecule has 5 nitrogen and oxygen atoms in total. The minimum Gasteiger partial charge on any atom is -0.355 e. The minimum absolute atomic E-state index is 0.0719. The lowest BCUT2D eigenvalue weighted by Crippen LogP contribution is -2.36. The molecule has 0 saturated carbocycles. The Morgan fingerprint density at radius 1 is 1.56 bits per heavy atom. The maximum atomic E-state index is 11.8. The van der Waals surface area contributed by atoms with Crippen molar-refractivity contribution in [3.8, 4) is 0 Å². The molecule has 0 unspecified atom stereocenters. The molecule has 0 aliphatic rings. The monoisotopic (exact) mass is 374 g/mol. The molecule has 1 heterocycles. The summed E-state index contributed by atoms with van der Waals surface area (Å²) in [5.74, 6) is -0.359. The average molecular weight is 376 g/mol. The first-order valence-electron chi connectivity index (χ1n) is 5.08. The number of rotatable bonds is 6. The Labute approximate surface area is 123 Å². The molecule has 1 amide bonds. The topological polar surface area (TPSA) is 75.3 Å². The summed E-state index contributed by atoms with van der Waals surface area (Å²) in [6.07, 6.45) is 0.798. The number of amides is 1. The summed E-state index contributed by atoms with van der Waals surface area (Å²) in [6, 6.07) is 1.34. The van der Waals surface area contributed by atoms with E-state index in [1.165, 1.54) is 6.07 Å². The van der Waals surface area contributed by atoms with E-state index in [0.29, 0.717) is 15.4 Å². The van der Waals surface area contributed by atoms with Gasteiger partial charge in [0.15, 0.2) is 0 Å². The average Bonchev–Trinajstić information content (AvgIpc) is 2.65. The fraction of sp³-hybridized carbons (Fsp3) is 0.444. The zero-order valence-electron chi connectivity index (χ0n) is 9.50. The van der Waals surface area contributed by atoms with Crippen LogP contribution in [0.2, 0.25) is 5.02 Å². The molecule has 0 atom stereocenters. The molecule has 0 radical (unpaired) electrons. The number of carbonyl (C=O) groups excluding carboxylic acids is 1. The molecule has 0 aliphatic heterocycles. The molecular formula is C9H12BrClN2O3S2. The molecule has 0 fully saturated rings. The Kier molecular flexibility index (Phi) is 6.06. The van der Waals surface area contributed by atoms with E-state index in [-0.39, 0.29) is 16.7 Å². The molecular weight excluding hydrogens is 364 g/mol. The maximum absolute atomic E-state index is 11.8. The molecule has 0 spiro atoms. The Morgan fingerprint density at radius 3 is 2.72 bits per heavy atom. The van der Waals surface area contributed by atoms with Crippen molar-refractivity contribution < 1.29 is 13.2 Å². The van der Waals surface area contributed by atoms with Gasteiger partial charge in [-0.25, -0.2) is 13.1 Å². The van der Waals surface area contributed by atoms with Crippen LogP contribution in [0, 0.1) is 0 Å². The van der Waals surface area contributed by atoms with Crippen LogP contribution in [0.15, 0.2) is 14.1 Å². The van der Waals surface area contributed by atoms with Crippen molar-refractivity contribution in [3.63, 3.8) is 0 Å². The summed E-state index contributed by atoms with van der Waals surface area (Å²) in [5, 5.41) is 2.90. The number of nitrogens with one attached hydrogen (secondary N) is 2. The van der Waals surface area contributed by atoms with Crippen molar-refractivity contribution in [2.45, 2.75) is 17.6 Å². The van der Waals surface area contributed by atoms with Crippen LogP contribution in [0.4, 0.5) is 0 Å². The van der Waals surface area contributed by atoms with Crippen LogP contribution >= 0.6 is 38.9 Å².